The first-order valence-electron chi connectivity index (χ1n) is 6.47. The maximum absolute atomic E-state index is 11.3. The second-order valence-corrected chi connectivity index (χ2v) is 4.75. The number of urea groups is 1. The van der Waals surface area contributed by atoms with Crippen molar-refractivity contribution in [3.05, 3.63) is 0 Å². The Morgan fingerprint density at radius 3 is 2.32 bits per heavy atom. The number of nitrogens with one attached hydrogen (secondary N) is 2. The summed E-state index contributed by atoms with van der Waals surface area (Å²) in [5.41, 5.74) is 0. The van der Waals surface area contributed by atoms with Crippen LogP contribution < -0.4 is 10.6 Å². The van der Waals surface area contributed by atoms with Gasteiger partial charge in [-0.3, -0.25) is 0 Å². The van der Waals surface area contributed by atoms with Crippen LogP contribution in [0.25, 0.3) is 0 Å². The monoisotopic (exact) mass is 275 g/mol. The number of hydrogen-bond acceptors (Lipinski definition) is 4. The van der Waals surface area contributed by atoms with E-state index in [1.54, 1.807) is 0 Å². The molecule has 0 spiro atoms. The zero-order valence-electron chi connectivity index (χ0n) is 11.8. The van der Waals surface area contributed by atoms with Crippen molar-refractivity contribution in [3.8, 4) is 0 Å². The SMILES string of the molecule is CC(C)N(C)CCCNC(=O)NCCC(O)C(=O)O. The van der Waals surface area contributed by atoms with Crippen LogP contribution in [0.15, 0.2) is 0 Å². The van der Waals surface area contributed by atoms with E-state index in [4.69, 9.17) is 10.2 Å². The summed E-state index contributed by atoms with van der Waals surface area (Å²) in [7, 11) is 2.03. The number of carboxylic acid groups (broad SMARTS) is 1. The van der Waals surface area contributed by atoms with Gasteiger partial charge in [0.15, 0.2) is 6.10 Å². The molecule has 0 saturated heterocycles. The molecule has 0 radical (unpaired) electrons. The largest absolute Gasteiger partial charge is 0.479 e. The summed E-state index contributed by atoms with van der Waals surface area (Å²) in [6.07, 6.45) is -0.585. The Balaban J connectivity index is 3.53. The molecule has 4 N–H and O–H groups in total. The summed E-state index contributed by atoms with van der Waals surface area (Å²) in [6.45, 7) is 5.80. The molecule has 0 rings (SSSR count). The van der Waals surface area contributed by atoms with Gasteiger partial charge in [-0.15, -0.1) is 0 Å². The third-order valence-corrected chi connectivity index (χ3v) is 2.84. The minimum Gasteiger partial charge on any atom is -0.479 e. The van der Waals surface area contributed by atoms with E-state index in [0.29, 0.717) is 12.6 Å². The fourth-order valence-electron chi connectivity index (χ4n) is 1.30. The van der Waals surface area contributed by atoms with Crippen LogP contribution in [0.1, 0.15) is 26.7 Å². The van der Waals surface area contributed by atoms with Gasteiger partial charge < -0.3 is 25.7 Å². The van der Waals surface area contributed by atoms with Gasteiger partial charge in [0.1, 0.15) is 0 Å². The van der Waals surface area contributed by atoms with E-state index >= 15 is 0 Å². The lowest BCUT2D eigenvalue weighted by Crippen LogP contribution is -2.39. The van der Waals surface area contributed by atoms with E-state index in [9.17, 15) is 9.59 Å². The quantitative estimate of drug-likeness (QED) is 0.438. The van der Waals surface area contributed by atoms with Crippen LogP contribution in [0.2, 0.25) is 0 Å². The maximum Gasteiger partial charge on any atom is 0.332 e. The smallest absolute Gasteiger partial charge is 0.332 e. The van der Waals surface area contributed by atoms with Crippen molar-refractivity contribution in [2.24, 2.45) is 0 Å². The second kappa shape index (κ2) is 9.57. The maximum atomic E-state index is 11.3. The number of carboxylic acids is 1. The van der Waals surface area contributed by atoms with Crippen LogP contribution in [-0.4, -0.2) is 65.9 Å². The molecule has 112 valence electrons. The van der Waals surface area contributed by atoms with Crippen LogP contribution in [-0.2, 0) is 4.79 Å². The molecule has 0 aliphatic rings. The van der Waals surface area contributed by atoms with Crippen LogP contribution in [0.3, 0.4) is 0 Å². The topological polar surface area (TPSA) is 102 Å². The van der Waals surface area contributed by atoms with Crippen molar-refractivity contribution in [2.75, 3.05) is 26.7 Å². The fraction of sp³-hybridized carbons (Fsp3) is 0.833. The van der Waals surface area contributed by atoms with E-state index in [1.807, 2.05) is 7.05 Å². The molecule has 0 aromatic heterocycles. The predicted molar refractivity (Wildman–Crippen MR) is 72.0 cm³/mol. The van der Waals surface area contributed by atoms with E-state index in [2.05, 4.69) is 29.4 Å². The highest BCUT2D eigenvalue weighted by Crippen LogP contribution is 1.94. The zero-order chi connectivity index (χ0) is 14.8. The molecule has 0 aromatic rings. The van der Waals surface area contributed by atoms with Crippen LogP contribution in [0.4, 0.5) is 4.79 Å². The average molecular weight is 275 g/mol. The number of aliphatic hydroxyl groups excluding tert-OH is 1. The van der Waals surface area contributed by atoms with Crippen molar-refractivity contribution in [1.29, 1.82) is 0 Å². The first kappa shape index (κ1) is 17.7. The molecule has 0 aliphatic heterocycles. The number of nitrogens with zero attached hydrogens (tertiary/aromatic N) is 1. The summed E-state index contributed by atoms with van der Waals surface area (Å²) in [5, 5.41) is 22.6. The van der Waals surface area contributed by atoms with Crippen molar-refractivity contribution >= 4 is 12.0 Å². The minimum atomic E-state index is -1.43. The van der Waals surface area contributed by atoms with Gasteiger partial charge in [0, 0.05) is 25.6 Å². The lowest BCUT2D eigenvalue weighted by Gasteiger charge is -2.20. The van der Waals surface area contributed by atoms with Crippen molar-refractivity contribution in [3.63, 3.8) is 0 Å². The Labute approximate surface area is 114 Å². The minimum absolute atomic E-state index is 0.00115. The third-order valence-electron chi connectivity index (χ3n) is 2.84. The molecule has 7 heteroatoms. The van der Waals surface area contributed by atoms with Gasteiger partial charge in [0.2, 0.25) is 0 Å². The Bertz CT molecular complexity index is 284. The number of aliphatic carboxylic acids is 1. The zero-order valence-corrected chi connectivity index (χ0v) is 11.8. The summed E-state index contributed by atoms with van der Waals surface area (Å²) in [6, 6.07) is 0.135. The highest BCUT2D eigenvalue weighted by molar-refractivity contribution is 5.74. The van der Waals surface area contributed by atoms with E-state index in [0.717, 1.165) is 13.0 Å². The summed E-state index contributed by atoms with van der Waals surface area (Å²) in [5.74, 6) is -1.28. The Kier molecular flexibility index (Phi) is 8.90. The van der Waals surface area contributed by atoms with E-state index in [-0.39, 0.29) is 19.0 Å². The first-order valence-corrected chi connectivity index (χ1v) is 6.47. The predicted octanol–water partition coefficient (Wildman–Crippen LogP) is -0.148. The number of amides is 2. The lowest BCUT2D eigenvalue weighted by molar-refractivity contribution is -0.146. The molecule has 2 amide bonds. The Morgan fingerprint density at radius 2 is 1.79 bits per heavy atom. The molecule has 0 heterocycles. The highest BCUT2D eigenvalue weighted by Gasteiger charge is 2.12. The molecule has 0 bridgehead atoms. The molecule has 0 saturated carbocycles. The number of carbonyl (C=O) groups is 2. The Morgan fingerprint density at radius 1 is 1.21 bits per heavy atom. The molecular formula is C12H25N3O4. The van der Waals surface area contributed by atoms with Gasteiger partial charge in [-0.25, -0.2) is 9.59 Å². The van der Waals surface area contributed by atoms with Gasteiger partial charge in [0.25, 0.3) is 0 Å². The molecule has 0 fully saturated rings. The molecule has 1 unspecified atom stereocenters. The van der Waals surface area contributed by atoms with Crippen molar-refractivity contribution in [2.45, 2.75) is 38.8 Å². The molecule has 7 nitrogen and oxygen atoms in total. The van der Waals surface area contributed by atoms with Crippen LogP contribution >= 0.6 is 0 Å². The summed E-state index contributed by atoms with van der Waals surface area (Å²) >= 11 is 0. The number of carbonyl (C=O) groups excluding carboxylic acids is 1. The first-order chi connectivity index (χ1) is 8.84. The van der Waals surface area contributed by atoms with Gasteiger partial charge in [0.05, 0.1) is 0 Å². The highest BCUT2D eigenvalue weighted by atomic mass is 16.4. The summed E-state index contributed by atoms with van der Waals surface area (Å²) < 4.78 is 0. The van der Waals surface area contributed by atoms with Crippen molar-refractivity contribution < 1.29 is 19.8 Å². The third kappa shape index (κ3) is 9.26. The number of aliphatic hydroxyl groups is 1. The van der Waals surface area contributed by atoms with E-state index < -0.39 is 12.1 Å². The molecule has 0 aromatic carbocycles. The fourth-order valence-corrected chi connectivity index (χ4v) is 1.30. The van der Waals surface area contributed by atoms with Gasteiger partial charge in [-0.05, 0) is 33.9 Å². The Hall–Kier alpha value is -1.34. The standard InChI is InChI=1S/C12H25N3O4/c1-9(2)15(3)8-4-6-13-12(19)14-7-5-10(16)11(17)18/h9-10,16H,4-8H2,1-3H3,(H,17,18)(H2,13,14,19). The number of hydrogen-bond donors (Lipinski definition) is 4. The average Bonchev–Trinajstić information content (AvgIpc) is 2.33. The van der Waals surface area contributed by atoms with Gasteiger partial charge >= 0.3 is 12.0 Å². The van der Waals surface area contributed by atoms with Gasteiger partial charge in [-0.2, -0.15) is 0 Å². The van der Waals surface area contributed by atoms with Crippen LogP contribution in [0.5, 0.6) is 0 Å². The summed E-state index contributed by atoms with van der Waals surface area (Å²) in [4.78, 5) is 23.8. The molecule has 1 atom stereocenters. The lowest BCUT2D eigenvalue weighted by atomic mass is 10.2. The normalized spacial score (nSPS) is 12.5. The molecule has 19 heavy (non-hydrogen) atoms. The van der Waals surface area contributed by atoms with Gasteiger partial charge in [-0.1, -0.05) is 0 Å². The second-order valence-electron chi connectivity index (χ2n) is 4.75. The van der Waals surface area contributed by atoms with Crippen LogP contribution in [0, 0.1) is 0 Å². The van der Waals surface area contributed by atoms with Crippen molar-refractivity contribution in [1.82, 2.24) is 15.5 Å². The van der Waals surface area contributed by atoms with E-state index in [1.165, 1.54) is 0 Å². The molecular weight excluding hydrogens is 250 g/mol. The number of rotatable bonds is 9. The molecule has 0 aliphatic carbocycles.